The van der Waals surface area contributed by atoms with Crippen LogP contribution in [0.4, 0.5) is 4.79 Å². The summed E-state index contributed by atoms with van der Waals surface area (Å²) in [5.74, 6) is 0.233. The first-order valence-electron chi connectivity index (χ1n) is 5.29. The van der Waals surface area contributed by atoms with E-state index >= 15 is 0 Å². The van der Waals surface area contributed by atoms with Crippen molar-refractivity contribution < 1.29 is 22.7 Å². The van der Waals surface area contributed by atoms with Crippen LogP contribution < -0.4 is 4.74 Å². The fraction of sp³-hybridized carbons (Fsp3) is 0.417. The predicted molar refractivity (Wildman–Crippen MR) is 66.4 cm³/mol. The van der Waals surface area contributed by atoms with Crippen molar-refractivity contribution in [2.45, 2.75) is 31.3 Å². The van der Waals surface area contributed by atoms with Crippen molar-refractivity contribution in [3.8, 4) is 5.75 Å². The topological polar surface area (TPSA) is 69.7 Å². The Bertz CT molecular complexity index is 523. The van der Waals surface area contributed by atoms with Gasteiger partial charge in [0.1, 0.15) is 11.4 Å². The number of sulfone groups is 1. The molecule has 0 aliphatic heterocycles. The smallest absolute Gasteiger partial charge is 0.428 e. The van der Waals surface area contributed by atoms with Gasteiger partial charge < -0.3 is 9.47 Å². The standard InChI is InChI=1S/C12H16O5S/c1-12(2,3)17-11(13)16-9-5-7-10(8-6-9)18(4,14)15/h5-8H,1-4H3. The van der Waals surface area contributed by atoms with Gasteiger partial charge in [0.15, 0.2) is 9.84 Å². The molecule has 5 nitrogen and oxygen atoms in total. The van der Waals surface area contributed by atoms with Crippen LogP contribution in [0.1, 0.15) is 20.8 Å². The second-order valence-corrected chi connectivity index (χ2v) is 6.83. The molecule has 0 atom stereocenters. The van der Waals surface area contributed by atoms with Crippen LogP contribution in [-0.4, -0.2) is 26.4 Å². The molecule has 0 heterocycles. The number of hydrogen-bond acceptors (Lipinski definition) is 5. The molecule has 1 rings (SSSR count). The monoisotopic (exact) mass is 272 g/mol. The number of ether oxygens (including phenoxy) is 2. The van der Waals surface area contributed by atoms with Crippen LogP contribution in [0.2, 0.25) is 0 Å². The van der Waals surface area contributed by atoms with E-state index in [9.17, 15) is 13.2 Å². The minimum Gasteiger partial charge on any atom is -0.428 e. The Morgan fingerprint density at radius 2 is 1.61 bits per heavy atom. The Kier molecular flexibility index (Phi) is 4.01. The molecular formula is C12H16O5S. The first-order valence-corrected chi connectivity index (χ1v) is 7.18. The van der Waals surface area contributed by atoms with Gasteiger partial charge in [-0.1, -0.05) is 0 Å². The Labute approximate surface area is 107 Å². The van der Waals surface area contributed by atoms with Gasteiger partial charge in [0, 0.05) is 6.26 Å². The largest absolute Gasteiger partial charge is 0.514 e. The molecule has 0 radical (unpaired) electrons. The lowest BCUT2D eigenvalue weighted by molar-refractivity contribution is 0.0206. The van der Waals surface area contributed by atoms with Crippen molar-refractivity contribution >= 4 is 16.0 Å². The zero-order valence-corrected chi connectivity index (χ0v) is 11.6. The van der Waals surface area contributed by atoms with E-state index in [4.69, 9.17) is 9.47 Å². The minimum absolute atomic E-state index is 0.166. The van der Waals surface area contributed by atoms with Crippen molar-refractivity contribution in [1.29, 1.82) is 0 Å². The number of hydrogen-bond donors (Lipinski definition) is 0. The first kappa shape index (κ1) is 14.5. The molecule has 0 aliphatic rings. The molecule has 0 aliphatic carbocycles. The summed E-state index contributed by atoms with van der Waals surface area (Å²) >= 11 is 0. The first-order chi connectivity index (χ1) is 8.08. The molecule has 0 saturated carbocycles. The van der Waals surface area contributed by atoms with Crippen LogP contribution in [-0.2, 0) is 14.6 Å². The van der Waals surface area contributed by atoms with Gasteiger partial charge in [-0.25, -0.2) is 13.2 Å². The van der Waals surface area contributed by atoms with E-state index in [0.717, 1.165) is 6.26 Å². The Morgan fingerprint density at radius 1 is 1.11 bits per heavy atom. The third-order valence-electron chi connectivity index (χ3n) is 1.84. The summed E-state index contributed by atoms with van der Waals surface area (Å²) < 4.78 is 32.3. The molecule has 6 heteroatoms. The summed E-state index contributed by atoms with van der Waals surface area (Å²) in [6.07, 6.45) is 0.283. The highest BCUT2D eigenvalue weighted by molar-refractivity contribution is 7.90. The van der Waals surface area contributed by atoms with Crippen LogP contribution in [0.5, 0.6) is 5.75 Å². The maximum absolute atomic E-state index is 11.3. The minimum atomic E-state index is -3.25. The van der Waals surface area contributed by atoms with E-state index in [2.05, 4.69) is 0 Å². The normalized spacial score (nSPS) is 12.0. The number of benzene rings is 1. The van der Waals surface area contributed by atoms with Gasteiger partial charge in [-0.2, -0.15) is 0 Å². The molecule has 0 amide bonds. The van der Waals surface area contributed by atoms with E-state index in [0.29, 0.717) is 0 Å². The molecule has 0 unspecified atom stereocenters. The summed E-state index contributed by atoms with van der Waals surface area (Å²) in [6.45, 7) is 5.17. The second-order valence-electron chi connectivity index (χ2n) is 4.81. The summed E-state index contributed by atoms with van der Waals surface area (Å²) in [6, 6.07) is 5.55. The lowest BCUT2D eigenvalue weighted by Crippen LogP contribution is -2.25. The van der Waals surface area contributed by atoms with E-state index in [1.165, 1.54) is 24.3 Å². The van der Waals surface area contributed by atoms with Crippen molar-refractivity contribution in [1.82, 2.24) is 0 Å². The summed E-state index contributed by atoms with van der Waals surface area (Å²) in [5, 5.41) is 0. The fourth-order valence-electron chi connectivity index (χ4n) is 1.12. The molecule has 0 bridgehead atoms. The maximum atomic E-state index is 11.3. The molecule has 100 valence electrons. The number of carbonyl (C=O) groups is 1. The molecule has 18 heavy (non-hydrogen) atoms. The summed E-state index contributed by atoms with van der Waals surface area (Å²) in [4.78, 5) is 11.5. The predicted octanol–water partition coefficient (Wildman–Crippen LogP) is 2.40. The summed E-state index contributed by atoms with van der Waals surface area (Å²) in [7, 11) is -3.25. The molecule has 0 fully saturated rings. The zero-order chi connectivity index (χ0) is 14.0. The third kappa shape index (κ3) is 4.75. The Morgan fingerprint density at radius 3 is 2.00 bits per heavy atom. The van der Waals surface area contributed by atoms with Gasteiger partial charge in [0.05, 0.1) is 4.90 Å². The van der Waals surface area contributed by atoms with E-state index in [1.807, 2.05) is 0 Å². The SMILES string of the molecule is CC(C)(C)OC(=O)Oc1ccc(S(C)(=O)=O)cc1. The second kappa shape index (κ2) is 4.97. The van der Waals surface area contributed by atoms with Crippen molar-refractivity contribution in [3.05, 3.63) is 24.3 Å². The Hall–Kier alpha value is -1.56. The van der Waals surface area contributed by atoms with Gasteiger partial charge >= 0.3 is 6.16 Å². The molecule has 0 spiro atoms. The Balaban J connectivity index is 2.73. The van der Waals surface area contributed by atoms with E-state index in [-0.39, 0.29) is 10.6 Å². The van der Waals surface area contributed by atoms with Gasteiger partial charge in [-0.15, -0.1) is 0 Å². The highest BCUT2D eigenvalue weighted by Gasteiger charge is 2.18. The van der Waals surface area contributed by atoms with Crippen LogP contribution in [0, 0.1) is 0 Å². The van der Waals surface area contributed by atoms with Gasteiger partial charge in [0.25, 0.3) is 0 Å². The third-order valence-corrected chi connectivity index (χ3v) is 2.97. The molecule has 1 aromatic carbocycles. The van der Waals surface area contributed by atoms with Gasteiger partial charge in [-0.05, 0) is 45.0 Å². The van der Waals surface area contributed by atoms with Gasteiger partial charge in [0.2, 0.25) is 0 Å². The molecule has 0 saturated heterocycles. The fourth-order valence-corrected chi connectivity index (χ4v) is 1.75. The van der Waals surface area contributed by atoms with Crippen molar-refractivity contribution in [3.63, 3.8) is 0 Å². The molecule has 0 aromatic heterocycles. The highest BCUT2D eigenvalue weighted by atomic mass is 32.2. The number of carbonyl (C=O) groups excluding carboxylic acids is 1. The zero-order valence-electron chi connectivity index (χ0n) is 10.8. The molecular weight excluding hydrogens is 256 g/mol. The highest BCUT2D eigenvalue weighted by Crippen LogP contribution is 2.17. The lowest BCUT2D eigenvalue weighted by atomic mass is 10.2. The van der Waals surface area contributed by atoms with E-state index in [1.54, 1.807) is 20.8 Å². The van der Waals surface area contributed by atoms with Crippen LogP contribution >= 0.6 is 0 Å². The van der Waals surface area contributed by atoms with Crippen LogP contribution in [0.3, 0.4) is 0 Å². The van der Waals surface area contributed by atoms with Crippen LogP contribution in [0.25, 0.3) is 0 Å². The van der Waals surface area contributed by atoms with Crippen LogP contribution in [0.15, 0.2) is 29.2 Å². The number of rotatable bonds is 2. The lowest BCUT2D eigenvalue weighted by Gasteiger charge is -2.18. The summed E-state index contributed by atoms with van der Waals surface area (Å²) in [5.41, 5.74) is -0.635. The van der Waals surface area contributed by atoms with E-state index < -0.39 is 21.6 Å². The average Bonchev–Trinajstić information content (AvgIpc) is 2.13. The van der Waals surface area contributed by atoms with Crippen molar-refractivity contribution in [2.24, 2.45) is 0 Å². The molecule has 1 aromatic rings. The quantitative estimate of drug-likeness (QED) is 0.610. The van der Waals surface area contributed by atoms with Crippen molar-refractivity contribution in [2.75, 3.05) is 6.26 Å². The van der Waals surface area contributed by atoms with Gasteiger partial charge in [-0.3, -0.25) is 0 Å². The maximum Gasteiger partial charge on any atom is 0.514 e. The average molecular weight is 272 g/mol. The molecule has 0 N–H and O–H groups in total.